The first-order valence-corrected chi connectivity index (χ1v) is 7.28. The Kier molecular flexibility index (Phi) is 6.11. The lowest BCUT2D eigenvalue weighted by Gasteiger charge is -2.26. The monoisotopic (exact) mass is 329 g/mol. The first-order chi connectivity index (χ1) is 10.6. The molecule has 6 nitrogen and oxygen atoms in total. The van der Waals surface area contributed by atoms with Crippen LogP contribution in [0.25, 0.3) is 0 Å². The number of benzene rings is 1. The zero-order valence-electron chi connectivity index (χ0n) is 11.9. The molecule has 0 atom stereocenters. The molecule has 2 rings (SSSR count). The highest BCUT2D eigenvalue weighted by Crippen LogP contribution is 2.19. The Morgan fingerprint density at radius 1 is 1.27 bits per heavy atom. The molecule has 1 saturated heterocycles. The van der Waals surface area contributed by atoms with E-state index in [1.54, 1.807) is 0 Å². The first kappa shape index (κ1) is 16.7. The summed E-state index contributed by atoms with van der Waals surface area (Å²) in [6.07, 6.45) is 0. The highest BCUT2D eigenvalue weighted by Gasteiger charge is 2.15. The van der Waals surface area contributed by atoms with E-state index < -0.39 is 17.6 Å². The molecule has 0 saturated carbocycles. The Balaban J connectivity index is 1.74. The number of carbonyl (C=O) groups excluding carboxylic acids is 2. The van der Waals surface area contributed by atoms with Crippen molar-refractivity contribution in [2.24, 2.45) is 0 Å². The number of carbonyl (C=O) groups is 2. The summed E-state index contributed by atoms with van der Waals surface area (Å²) in [5.41, 5.74) is 0.264. The van der Waals surface area contributed by atoms with Gasteiger partial charge in [0.2, 0.25) is 0 Å². The number of morpholine rings is 1. The number of rotatable bonds is 4. The lowest BCUT2D eigenvalue weighted by Crippen LogP contribution is -2.43. The van der Waals surface area contributed by atoms with E-state index in [1.165, 1.54) is 12.1 Å². The summed E-state index contributed by atoms with van der Waals surface area (Å²) < 4.78 is 18.2. The van der Waals surface area contributed by atoms with Gasteiger partial charge in [-0.1, -0.05) is 11.6 Å². The minimum Gasteiger partial charge on any atom is -0.379 e. The van der Waals surface area contributed by atoms with E-state index in [0.29, 0.717) is 26.3 Å². The lowest BCUT2D eigenvalue weighted by atomic mass is 10.3. The second kappa shape index (κ2) is 8.07. The SMILES string of the molecule is O=C(NCCN1CCOCC1)C(=O)Nc1ccc(F)c(Cl)c1. The third-order valence-electron chi connectivity index (χ3n) is 3.20. The van der Waals surface area contributed by atoms with Gasteiger partial charge in [-0.25, -0.2) is 4.39 Å². The molecule has 1 aromatic rings. The fourth-order valence-corrected chi connectivity index (χ4v) is 2.17. The van der Waals surface area contributed by atoms with E-state index in [0.717, 1.165) is 19.2 Å². The summed E-state index contributed by atoms with van der Waals surface area (Å²) in [4.78, 5) is 25.5. The Bertz CT molecular complexity index is 550. The van der Waals surface area contributed by atoms with E-state index >= 15 is 0 Å². The molecule has 0 spiro atoms. The van der Waals surface area contributed by atoms with Gasteiger partial charge < -0.3 is 15.4 Å². The Morgan fingerprint density at radius 2 is 2.00 bits per heavy atom. The molecule has 2 amide bonds. The average molecular weight is 330 g/mol. The number of hydrogen-bond acceptors (Lipinski definition) is 4. The van der Waals surface area contributed by atoms with E-state index in [2.05, 4.69) is 15.5 Å². The van der Waals surface area contributed by atoms with E-state index in [1.807, 2.05) is 0 Å². The van der Waals surface area contributed by atoms with Gasteiger partial charge in [0.15, 0.2) is 0 Å². The van der Waals surface area contributed by atoms with Crippen molar-refractivity contribution >= 4 is 29.1 Å². The van der Waals surface area contributed by atoms with Gasteiger partial charge in [0, 0.05) is 31.9 Å². The first-order valence-electron chi connectivity index (χ1n) is 6.90. The highest BCUT2D eigenvalue weighted by atomic mass is 35.5. The maximum Gasteiger partial charge on any atom is 0.313 e. The summed E-state index contributed by atoms with van der Waals surface area (Å²) in [5.74, 6) is -2.15. The average Bonchev–Trinajstić information content (AvgIpc) is 2.52. The van der Waals surface area contributed by atoms with E-state index in [9.17, 15) is 14.0 Å². The van der Waals surface area contributed by atoms with Crippen LogP contribution < -0.4 is 10.6 Å². The number of amides is 2. The van der Waals surface area contributed by atoms with Gasteiger partial charge in [0.05, 0.1) is 18.2 Å². The Hall–Kier alpha value is -1.70. The van der Waals surface area contributed by atoms with Crippen LogP contribution in [0.3, 0.4) is 0 Å². The molecule has 0 aromatic heterocycles. The molecule has 0 unspecified atom stereocenters. The molecule has 1 aliphatic rings. The van der Waals surface area contributed by atoms with Crippen LogP contribution in [-0.2, 0) is 14.3 Å². The number of anilines is 1. The van der Waals surface area contributed by atoms with Crippen molar-refractivity contribution in [2.75, 3.05) is 44.7 Å². The van der Waals surface area contributed by atoms with Gasteiger partial charge in [0.25, 0.3) is 0 Å². The van der Waals surface area contributed by atoms with Crippen LogP contribution >= 0.6 is 11.6 Å². The molecule has 1 fully saturated rings. The molecular formula is C14H17ClFN3O3. The molecule has 22 heavy (non-hydrogen) atoms. The third-order valence-corrected chi connectivity index (χ3v) is 3.49. The molecule has 1 heterocycles. The minimum atomic E-state index is -0.815. The van der Waals surface area contributed by atoms with Crippen LogP contribution in [0.1, 0.15) is 0 Å². The predicted molar refractivity (Wildman–Crippen MR) is 80.3 cm³/mol. The molecule has 8 heteroatoms. The van der Waals surface area contributed by atoms with E-state index in [4.69, 9.17) is 16.3 Å². The molecule has 2 N–H and O–H groups in total. The Morgan fingerprint density at radius 3 is 2.68 bits per heavy atom. The van der Waals surface area contributed by atoms with Gasteiger partial charge in [-0.15, -0.1) is 0 Å². The van der Waals surface area contributed by atoms with Crippen molar-refractivity contribution in [3.63, 3.8) is 0 Å². The Labute approximate surface area is 132 Å². The van der Waals surface area contributed by atoms with Gasteiger partial charge in [-0.05, 0) is 18.2 Å². The van der Waals surface area contributed by atoms with Crippen molar-refractivity contribution in [1.82, 2.24) is 10.2 Å². The van der Waals surface area contributed by atoms with Crippen LogP contribution in [0.5, 0.6) is 0 Å². The summed E-state index contributed by atoms with van der Waals surface area (Å²) in [6.45, 7) is 4.02. The van der Waals surface area contributed by atoms with Crippen LogP contribution in [0, 0.1) is 5.82 Å². The van der Waals surface area contributed by atoms with Crippen molar-refractivity contribution in [2.45, 2.75) is 0 Å². The van der Waals surface area contributed by atoms with Crippen molar-refractivity contribution in [3.05, 3.63) is 29.0 Å². The summed E-state index contributed by atoms with van der Waals surface area (Å²) in [5, 5.41) is 4.78. The number of halogens is 2. The number of nitrogens with one attached hydrogen (secondary N) is 2. The molecule has 0 aliphatic carbocycles. The number of hydrogen-bond donors (Lipinski definition) is 2. The zero-order chi connectivity index (χ0) is 15.9. The zero-order valence-corrected chi connectivity index (χ0v) is 12.7. The highest BCUT2D eigenvalue weighted by molar-refractivity contribution is 6.39. The molecular weight excluding hydrogens is 313 g/mol. The van der Waals surface area contributed by atoms with Gasteiger partial charge in [0.1, 0.15) is 5.82 Å². The smallest absolute Gasteiger partial charge is 0.313 e. The quantitative estimate of drug-likeness (QED) is 0.804. The van der Waals surface area contributed by atoms with Crippen LogP contribution in [0.4, 0.5) is 10.1 Å². The maximum absolute atomic E-state index is 13.0. The maximum atomic E-state index is 13.0. The fraction of sp³-hybridized carbons (Fsp3) is 0.429. The predicted octanol–water partition coefficient (Wildman–Crippen LogP) is 0.866. The van der Waals surface area contributed by atoms with Crippen molar-refractivity contribution in [1.29, 1.82) is 0 Å². The largest absolute Gasteiger partial charge is 0.379 e. The summed E-state index contributed by atoms with van der Waals surface area (Å²) >= 11 is 5.60. The molecule has 1 aliphatic heterocycles. The normalized spacial score (nSPS) is 15.4. The molecule has 1 aromatic carbocycles. The molecule has 0 bridgehead atoms. The lowest BCUT2D eigenvalue weighted by molar-refractivity contribution is -0.136. The van der Waals surface area contributed by atoms with Gasteiger partial charge >= 0.3 is 11.8 Å². The third kappa shape index (κ3) is 4.94. The minimum absolute atomic E-state index is 0.120. The second-order valence-electron chi connectivity index (χ2n) is 4.79. The van der Waals surface area contributed by atoms with Gasteiger partial charge in [-0.2, -0.15) is 0 Å². The fourth-order valence-electron chi connectivity index (χ4n) is 1.99. The standard InChI is InChI=1S/C14H17ClFN3O3/c15-11-9-10(1-2-12(11)16)18-14(21)13(20)17-3-4-19-5-7-22-8-6-19/h1-2,9H,3-8H2,(H,17,20)(H,18,21). The van der Waals surface area contributed by atoms with Crippen LogP contribution in [-0.4, -0.2) is 56.1 Å². The summed E-state index contributed by atoms with van der Waals surface area (Å²) in [6, 6.07) is 3.70. The van der Waals surface area contributed by atoms with Crippen LogP contribution in [0.2, 0.25) is 5.02 Å². The number of ether oxygens (including phenoxy) is 1. The van der Waals surface area contributed by atoms with Gasteiger partial charge in [-0.3, -0.25) is 14.5 Å². The van der Waals surface area contributed by atoms with E-state index in [-0.39, 0.29) is 10.7 Å². The van der Waals surface area contributed by atoms with Crippen molar-refractivity contribution < 1.29 is 18.7 Å². The molecule has 0 radical (unpaired) electrons. The second-order valence-corrected chi connectivity index (χ2v) is 5.20. The number of nitrogens with zero attached hydrogens (tertiary/aromatic N) is 1. The topological polar surface area (TPSA) is 70.7 Å². The molecule has 120 valence electrons. The summed E-state index contributed by atoms with van der Waals surface area (Å²) in [7, 11) is 0. The van der Waals surface area contributed by atoms with Crippen LogP contribution in [0.15, 0.2) is 18.2 Å². The van der Waals surface area contributed by atoms with Crippen molar-refractivity contribution in [3.8, 4) is 0 Å².